The van der Waals surface area contributed by atoms with Crippen LogP contribution in [0.15, 0.2) is 72.8 Å². The van der Waals surface area contributed by atoms with Crippen LogP contribution in [0.5, 0.6) is 5.75 Å². The Bertz CT molecular complexity index is 1200. The molecular weight excluding hydrogens is 521 g/mol. The SMILES string of the molecule is CCCCCCCCOc1ccc(-c2ccc(C(=O)Nc3cccc(CCP(=O)(OCC)OCC)c3)cc2)cc1. The zero-order valence-corrected chi connectivity index (χ0v) is 25.1. The molecule has 0 aromatic heterocycles. The van der Waals surface area contributed by atoms with Gasteiger partial charge in [0.1, 0.15) is 5.75 Å². The molecule has 7 heteroatoms. The minimum absolute atomic E-state index is 0.184. The van der Waals surface area contributed by atoms with Gasteiger partial charge in [0.15, 0.2) is 0 Å². The van der Waals surface area contributed by atoms with Crippen molar-refractivity contribution in [2.24, 2.45) is 0 Å². The fraction of sp³-hybridized carbons (Fsp3) is 0.424. The van der Waals surface area contributed by atoms with Gasteiger partial charge < -0.3 is 19.1 Å². The zero-order chi connectivity index (χ0) is 28.6. The lowest BCUT2D eigenvalue weighted by Crippen LogP contribution is -2.12. The molecule has 6 nitrogen and oxygen atoms in total. The maximum absolute atomic E-state index is 12.9. The van der Waals surface area contributed by atoms with Crippen molar-refractivity contribution in [2.75, 3.05) is 31.3 Å². The third kappa shape index (κ3) is 10.6. The van der Waals surface area contributed by atoms with Gasteiger partial charge in [-0.3, -0.25) is 9.36 Å². The van der Waals surface area contributed by atoms with E-state index in [0.29, 0.717) is 37.0 Å². The summed E-state index contributed by atoms with van der Waals surface area (Å²) in [6, 6.07) is 23.2. The van der Waals surface area contributed by atoms with E-state index in [2.05, 4.69) is 12.2 Å². The molecule has 0 atom stereocenters. The van der Waals surface area contributed by atoms with E-state index < -0.39 is 7.60 Å². The Kier molecular flexibility index (Phi) is 13.4. The normalized spacial score (nSPS) is 11.4. The number of aryl methyl sites for hydroxylation is 1. The zero-order valence-electron chi connectivity index (χ0n) is 24.2. The maximum atomic E-state index is 12.9. The fourth-order valence-electron chi connectivity index (χ4n) is 4.46. The number of ether oxygens (including phenoxy) is 1. The second-order valence-corrected chi connectivity index (χ2v) is 12.0. The highest BCUT2D eigenvalue weighted by Gasteiger charge is 2.23. The summed E-state index contributed by atoms with van der Waals surface area (Å²) in [5, 5.41) is 2.96. The van der Waals surface area contributed by atoms with Crippen molar-refractivity contribution in [3.63, 3.8) is 0 Å². The first-order chi connectivity index (χ1) is 19.5. The molecule has 3 aromatic rings. The molecule has 0 aliphatic carbocycles. The van der Waals surface area contributed by atoms with Gasteiger partial charge in [0, 0.05) is 11.3 Å². The molecule has 0 saturated heterocycles. The Balaban J connectivity index is 1.51. The van der Waals surface area contributed by atoms with E-state index in [0.717, 1.165) is 35.5 Å². The molecule has 0 spiro atoms. The van der Waals surface area contributed by atoms with E-state index in [1.165, 1.54) is 32.1 Å². The van der Waals surface area contributed by atoms with Crippen LogP contribution in [-0.4, -0.2) is 31.9 Å². The largest absolute Gasteiger partial charge is 0.494 e. The van der Waals surface area contributed by atoms with Crippen molar-refractivity contribution in [1.82, 2.24) is 0 Å². The fourth-order valence-corrected chi connectivity index (χ4v) is 6.12. The van der Waals surface area contributed by atoms with E-state index >= 15 is 0 Å². The Labute approximate surface area is 240 Å². The number of carbonyl (C=O) groups excluding carboxylic acids is 1. The molecule has 40 heavy (non-hydrogen) atoms. The molecule has 1 amide bonds. The van der Waals surface area contributed by atoms with Crippen molar-refractivity contribution in [1.29, 1.82) is 0 Å². The van der Waals surface area contributed by atoms with Gasteiger partial charge in [-0.1, -0.05) is 75.4 Å². The molecule has 0 bridgehead atoms. The van der Waals surface area contributed by atoms with Gasteiger partial charge in [-0.25, -0.2) is 0 Å². The number of hydrogen-bond acceptors (Lipinski definition) is 5. The maximum Gasteiger partial charge on any atom is 0.330 e. The van der Waals surface area contributed by atoms with Gasteiger partial charge in [0.2, 0.25) is 0 Å². The summed E-state index contributed by atoms with van der Waals surface area (Å²) in [6.45, 7) is 7.27. The third-order valence-corrected chi connectivity index (χ3v) is 8.69. The summed E-state index contributed by atoms with van der Waals surface area (Å²) < 4.78 is 29.4. The van der Waals surface area contributed by atoms with Crippen molar-refractivity contribution in [3.05, 3.63) is 83.9 Å². The Morgan fingerprint density at radius 1 is 0.775 bits per heavy atom. The monoisotopic (exact) mass is 565 g/mol. The minimum atomic E-state index is -3.11. The van der Waals surface area contributed by atoms with Crippen LogP contribution in [0.1, 0.15) is 75.2 Å². The number of unbranched alkanes of at least 4 members (excludes halogenated alkanes) is 5. The second-order valence-electron chi connectivity index (χ2n) is 9.79. The quantitative estimate of drug-likeness (QED) is 0.123. The van der Waals surface area contributed by atoms with Crippen LogP contribution in [0.2, 0.25) is 0 Å². The first kappa shape index (κ1) is 31.6. The van der Waals surface area contributed by atoms with E-state index in [1.807, 2.05) is 72.8 Å². The van der Waals surface area contributed by atoms with Gasteiger partial charge in [0.25, 0.3) is 5.91 Å². The van der Waals surface area contributed by atoms with Crippen molar-refractivity contribution < 1.29 is 23.1 Å². The van der Waals surface area contributed by atoms with Crippen LogP contribution in [0.25, 0.3) is 11.1 Å². The molecular formula is C33H44NO5P. The average molecular weight is 566 g/mol. The van der Waals surface area contributed by atoms with Crippen LogP contribution in [0.4, 0.5) is 5.69 Å². The van der Waals surface area contributed by atoms with Crippen molar-refractivity contribution in [3.8, 4) is 16.9 Å². The second kappa shape index (κ2) is 17.0. The number of hydrogen-bond donors (Lipinski definition) is 1. The number of benzene rings is 3. The van der Waals surface area contributed by atoms with Crippen molar-refractivity contribution >= 4 is 19.2 Å². The van der Waals surface area contributed by atoms with Gasteiger partial charge in [-0.2, -0.15) is 0 Å². The van der Waals surface area contributed by atoms with Gasteiger partial charge >= 0.3 is 7.60 Å². The molecule has 1 N–H and O–H groups in total. The molecule has 0 heterocycles. The highest BCUT2D eigenvalue weighted by molar-refractivity contribution is 7.53. The molecule has 3 rings (SSSR count). The Morgan fingerprint density at radius 2 is 1.40 bits per heavy atom. The Hall–Kier alpha value is -2.92. The lowest BCUT2D eigenvalue weighted by molar-refractivity contribution is 0.102. The number of carbonyl (C=O) groups is 1. The van der Waals surface area contributed by atoms with Crippen molar-refractivity contribution in [2.45, 2.75) is 65.7 Å². The van der Waals surface area contributed by atoms with E-state index in [4.69, 9.17) is 13.8 Å². The summed E-state index contributed by atoms with van der Waals surface area (Å²) in [5.41, 5.74) is 4.32. The molecule has 0 aliphatic heterocycles. The van der Waals surface area contributed by atoms with E-state index in [9.17, 15) is 9.36 Å². The molecule has 216 valence electrons. The van der Waals surface area contributed by atoms with Crippen LogP contribution in [-0.2, 0) is 20.0 Å². The first-order valence-corrected chi connectivity index (χ1v) is 16.3. The van der Waals surface area contributed by atoms with Gasteiger partial charge in [-0.15, -0.1) is 0 Å². The van der Waals surface area contributed by atoms with Crippen LogP contribution in [0, 0.1) is 0 Å². The summed E-state index contributed by atoms with van der Waals surface area (Å²) in [4.78, 5) is 12.9. The highest BCUT2D eigenvalue weighted by atomic mass is 31.2. The van der Waals surface area contributed by atoms with E-state index in [-0.39, 0.29) is 5.91 Å². The number of rotatable bonds is 18. The summed E-state index contributed by atoms with van der Waals surface area (Å²) in [6.07, 6.45) is 8.31. The van der Waals surface area contributed by atoms with Gasteiger partial charge in [-0.05, 0) is 79.8 Å². The smallest absolute Gasteiger partial charge is 0.330 e. The lowest BCUT2D eigenvalue weighted by Gasteiger charge is -2.17. The standard InChI is InChI=1S/C33H44NO5P/c1-4-7-8-9-10-11-24-37-32-21-19-29(20-22-32)28-15-17-30(18-16-28)33(35)34-31-14-12-13-27(26-31)23-25-40(36,38-5-2)39-6-3/h12-22,26H,4-11,23-25H2,1-3H3,(H,34,35). The molecule has 0 unspecified atom stereocenters. The lowest BCUT2D eigenvalue weighted by atomic mass is 10.0. The van der Waals surface area contributed by atoms with E-state index in [1.54, 1.807) is 13.8 Å². The summed E-state index contributed by atoms with van der Waals surface area (Å²) in [5.74, 6) is 0.700. The summed E-state index contributed by atoms with van der Waals surface area (Å²) in [7, 11) is -3.11. The molecule has 0 aliphatic rings. The Morgan fingerprint density at radius 3 is 2.05 bits per heavy atom. The third-order valence-electron chi connectivity index (χ3n) is 6.61. The number of amides is 1. The average Bonchev–Trinajstić information content (AvgIpc) is 2.97. The molecule has 0 saturated carbocycles. The highest BCUT2D eigenvalue weighted by Crippen LogP contribution is 2.48. The number of anilines is 1. The van der Waals surface area contributed by atoms with Crippen LogP contribution in [0.3, 0.4) is 0 Å². The molecule has 0 fully saturated rings. The molecule has 3 aromatic carbocycles. The van der Waals surface area contributed by atoms with Crippen LogP contribution >= 0.6 is 7.60 Å². The summed E-state index contributed by atoms with van der Waals surface area (Å²) >= 11 is 0. The number of nitrogens with one attached hydrogen (secondary N) is 1. The predicted molar refractivity (Wildman–Crippen MR) is 165 cm³/mol. The predicted octanol–water partition coefficient (Wildman–Crippen LogP) is 9.15. The van der Waals surface area contributed by atoms with Gasteiger partial charge in [0.05, 0.1) is 26.0 Å². The minimum Gasteiger partial charge on any atom is -0.494 e. The van der Waals surface area contributed by atoms with Crippen LogP contribution < -0.4 is 10.1 Å². The topological polar surface area (TPSA) is 73.9 Å². The molecule has 0 radical (unpaired) electrons. The first-order valence-electron chi connectivity index (χ1n) is 14.6.